The molecule has 0 unspecified atom stereocenters. The van der Waals surface area contributed by atoms with E-state index in [0.29, 0.717) is 5.39 Å². The van der Waals surface area contributed by atoms with Gasteiger partial charge >= 0.3 is 6.18 Å². The highest BCUT2D eigenvalue weighted by Gasteiger charge is 2.28. The van der Waals surface area contributed by atoms with Crippen LogP contribution in [0.3, 0.4) is 0 Å². The largest absolute Gasteiger partial charge is 0.483 e. The number of rotatable bonds is 2. The van der Waals surface area contributed by atoms with Crippen LogP contribution in [-0.4, -0.2) is 12.8 Å². The van der Waals surface area contributed by atoms with Crippen LogP contribution in [0.25, 0.3) is 21.5 Å². The van der Waals surface area contributed by atoms with Gasteiger partial charge in [0.25, 0.3) is 0 Å². The van der Waals surface area contributed by atoms with Crippen LogP contribution in [0.5, 0.6) is 5.75 Å². The number of alkyl halides is 3. The van der Waals surface area contributed by atoms with Gasteiger partial charge in [-0.05, 0) is 34.4 Å². The number of fused-ring (bicyclic) bond motifs is 2. The first kappa shape index (κ1) is 14.0. The lowest BCUT2D eigenvalue weighted by molar-refractivity contribution is -0.153. The molecule has 0 atom stereocenters. The maximum Gasteiger partial charge on any atom is 0.422 e. The first-order valence-electron chi connectivity index (χ1n) is 6.25. The zero-order valence-electron chi connectivity index (χ0n) is 10.7. The molecule has 1 nitrogen and oxygen atoms in total. The third kappa shape index (κ3) is 2.90. The molecule has 0 saturated carbocycles. The molecule has 0 heterocycles. The van der Waals surface area contributed by atoms with Gasteiger partial charge in [0.2, 0.25) is 0 Å². The molecule has 0 amide bonds. The summed E-state index contributed by atoms with van der Waals surface area (Å²) in [5, 5.41) is 3.75. The van der Waals surface area contributed by atoms with Crippen LogP contribution in [0, 0.1) is 0 Å². The van der Waals surface area contributed by atoms with E-state index in [1.165, 1.54) is 6.07 Å². The second-order valence-electron chi connectivity index (χ2n) is 4.70. The fourth-order valence-corrected chi connectivity index (χ4v) is 2.51. The van der Waals surface area contributed by atoms with Gasteiger partial charge in [-0.1, -0.05) is 41.9 Å². The maximum atomic E-state index is 12.2. The van der Waals surface area contributed by atoms with E-state index in [0.717, 1.165) is 16.2 Å². The molecule has 0 aliphatic rings. The highest BCUT2D eigenvalue weighted by Crippen LogP contribution is 2.35. The lowest BCUT2D eigenvalue weighted by atomic mass is 10.0. The minimum absolute atomic E-state index is 0.0387. The van der Waals surface area contributed by atoms with E-state index in [1.54, 1.807) is 6.07 Å². The van der Waals surface area contributed by atoms with Crippen molar-refractivity contribution < 1.29 is 17.9 Å². The van der Waals surface area contributed by atoms with Crippen molar-refractivity contribution in [1.82, 2.24) is 0 Å². The molecule has 108 valence electrons. The Labute approximate surface area is 123 Å². The highest BCUT2D eigenvalue weighted by atomic mass is 35.5. The van der Waals surface area contributed by atoms with Gasteiger partial charge in [-0.25, -0.2) is 0 Å². The molecule has 3 aromatic rings. The van der Waals surface area contributed by atoms with Crippen LogP contribution in [0.15, 0.2) is 48.5 Å². The predicted octanol–water partition coefficient (Wildman–Crippen LogP) is 5.59. The minimum atomic E-state index is -4.39. The van der Waals surface area contributed by atoms with Gasteiger partial charge in [0.05, 0.1) is 5.02 Å². The summed E-state index contributed by atoms with van der Waals surface area (Å²) >= 11 is 6.18. The molecule has 0 bridgehead atoms. The Morgan fingerprint density at radius 2 is 1.57 bits per heavy atom. The van der Waals surface area contributed by atoms with Crippen molar-refractivity contribution in [2.24, 2.45) is 0 Å². The minimum Gasteiger partial charge on any atom is -0.483 e. The Morgan fingerprint density at radius 3 is 2.24 bits per heavy atom. The number of hydrogen-bond donors (Lipinski definition) is 0. The van der Waals surface area contributed by atoms with Crippen molar-refractivity contribution in [2.45, 2.75) is 6.18 Å². The molecule has 0 aromatic heterocycles. The molecule has 5 heteroatoms. The Morgan fingerprint density at radius 1 is 0.905 bits per heavy atom. The topological polar surface area (TPSA) is 9.23 Å². The summed E-state index contributed by atoms with van der Waals surface area (Å²) in [6.45, 7) is -1.36. The maximum absolute atomic E-state index is 12.2. The number of benzene rings is 3. The van der Waals surface area contributed by atoms with Crippen LogP contribution >= 0.6 is 11.6 Å². The molecule has 0 spiro atoms. The van der Waals surface area contributed by atoms with Gasteiger partial charge in [-0.3, -0.25) is 0 Å². The quantitative estimate of drug-likeness (QED) is 0.561. The van der Waals surface area contributed by atoms with Crippen molar-refractivity contribution >= 4 is 33.1 Å². The van der Waals surface area contributed by atoms with Gasteiger partial charge in [0, 0.05) is 5.39 Å². The molecule has 0 radical (unpaired) electrons. The Hall–Kier alpha value is -1.94. The van der Waals surface area contributed by atoms with E-state index in [2.05, 4.69) is 0 Å². The zero-order chi connectivity index (χ0) is 15.0. The number of halogens is 4. The third-order valence-corrected chi connectivity index (χ3v) is 3.57. The van der Waals surface area contributed by atoms with Crippen molar-refractivity contribution in [3.8, 4) is 5.75 Å². The van der Waals surface area contributed by atoms with Gasteiger partial charge < -0.3 is 4.74 Å². The third-order valence-electron chi connectivity index (χ3n) is 3.18. The fraction of sp³-hybridized carbons (Fsp3) is 0.125. The van der Waals surface area contributed by atoms with E-state index in [9.17, 15) is 13.2 Å². The molecule has 3 rings (SSSR count). The molecule has 21 heavy (non-hydrogen) atoms. The summed E-state index contributed by atoms with van der Waals surface area (Å²) in [6, 6.07) is 14.7. The van der Waals surface area contributed by atoms with E-state index in [-0.39, 0.29) is 10.8 Å². The molecule has 0 fully saturated rings. The standard InChI is InChI=1S/C16H10ClF3O/c17-15-13-8-11-4-2-1-3-10(11)7-12(13)5-6-14(15)21-9-16(18,19)20/h1-8H,9H2. The molecule has 0 aliphatic carbocycles. The van der Waals surface area contributed by atoms with Crippen LogP contribution < -0.4 is 4.74 Å². The molecular formula is C16H10ClF3O. The summed E-state index contributed by atoms with van der Waals surface area (Å²) in [5.74, 6) is 0.0387. The van der Waals surface area contributed by atoms with Crippen LogP contribution in [0.4, 0.5) is 13.2 Å². The van der Waals surface area contributed by atoms with E-state index in [4.69, 9.17) is 16.3 Å². The summed E-state index contributed by atoms with van der Waals surface area (Å²) < 4.78 is 41.4. The van der Waals surface area contributed by atoms with E-state index < -0.39 is 12.8 Å². The smallest absolute Gasteiger partial charge is 0.422 e. The van der Waals surface area contributed by atoms with Gasteiger partial charge in [0.1, 0.15) is 5.75 Å². The second-order valence-corrected chi connectivity index (χ2v) is 5.08. The first-order chi connectivity index (χ1) is 9.94. The van der Waals surface area contributed by atoms with Crippen molar-refractivity contribution in [2.75, 3.05) is 6.61 Å². The molecule has 0 saturated heterocycles. The highest BCUT2D eigenvalue weighted by molar-refractivity contribution is 6.37. The summed E-state index contributed by atoms with van der Waals surface area (Å²) in [6.07, 6.45) is -4.39. The fourth-order valence-electron chi connectivity index (χ4n) is 2.23. The first-order valence-corrected chi connectivity index (χ1v) is 6.62. The van der Waals surface area contributed by atoms with Crippen molar-refractivity contribution in [3.05, 3.63) is 53.6 Å². The lowest BCUT2D eigenvalue weighted by Crippen LogP contribution is -2.19. The molecule has 3 aromatic carbocycles. The second kappa shape index (κ2) is 5.11. The summed E-state index contributed by atoms with van der Waals surface area (Å²) in [4.78, 5) is 0. The van der Waals surface area contributed by atoms with Gasteiger partial charge in [0.15, 0.2) is 6.61 Å². The van der Waals surface area contributed by atoms with Crippen LogP contribution in [0.1, 0.15) is 0 Å². The average Bonchev–Trinajstić information content (AvgIpc) is 2.44. The van der Waals surface area contributed by atoms with Crippen molar-refractivity contribution in [3.63, 3.8) is 0 Å². The molecular weight excluding hydrogens is 301 g/mol. The Bertz CT molecular complexity index is 812. The van der Waals surface area contributed by atoms with Gasteiger partial charge in [-0.2, -0.15) is 13.2 Å². The monoisotopic (exact) mass is 310 g/mol. The summed E-state index contributed by atoms with van der Waals surface area (Å²) in [5.41, 5.74) is 0. The summed E-state index contributed by atoms with van der Waals surface area (Å²) in [7, 11) is 0. The average molecular weight is 311 g/mol. The predicted molar refractivity (Wildman–Crippen MR) is 78.0 cm³/mol. The van der Waals surface area contributed by atoms with Crippen LogP contribution in [0.2, 0.25) is 5.02 Å². The van der Waals surface area contributed by atoms with Crippen LogP contribution in [-0.2, 0) is 0 Å². The molecule has 0 N–H and O–H groups in total. The SMILES string of the molecule is FC(F)(F)COc1ccc2cc3ccccc3cc2c1Cl. The lowest BCUT2D eigenvalue weighted by Gasteiger charge is -2.12. The van der Waals surface area contributed by atoms with E-state index >= 15 is 0 Å². The Kier molecular flexibility index (Phi) is 3.41. The number of ether oxygens (including phenoxy) is 1. The normalized spacial score (nSPS) is 12.0. The van der Waals surface area contributed by atoms with E-state index in [1.807, 2.05) is 36.4 Å². The Balaban J connectivity index is 2.09. The van der Waals surface area contributed by atoms with Crippen molar-refractivity contribution in [1.29, 1.82) is 0 Å². The number of hydrogen-bond acceptors (Lipinski definition) is 1. The zero-order valence-corrected chi connectivity index (χ0v) is 11.5. The molecule has 0 aliphatic heterocycles. The van der Waals surface area contributed by atoms with Gasteiger partial charge in [-0.15, -0.1) is 0 Å².